The molecule has 0 aliphatic carbocycles. The van der Waals surface area contributed by atoms with Crippen LogP contribution in [0, 0.1) is 0 Å². The molecule has 2 aromatic carbocycles. The van der Waals surface area contributed by atoms with Gasteiger partial charge in [0.05, 0.1) is 17.7 Å². The van der Waals surface area contributed by atoms with Crippen LogP contribution in [-0.4, -0.2) is 27.7 Å². The summed E-state index contributed by atoms with van der Waals surface area (Å²) in [5.74, 6) is 0. The zero-order valence-electron chi connectivity index (χ0n) is 15.5. The predicted octanol–water partition coefficient (Wildman–Crippen LogP) is 3.40. The van der Waals surface area contributed by atoms with Crippen LogP contribution in [0.4, 0.5) is 0 Å². The quantitative estimate of drug-likeness (QED) is 0.511. The van der Waals surface area contributed by atoms with Crippen molar-refractivity contribution in [1.82, 2.24) is 24.1 Å². The van der Waals surface area contributed by atoms with E-state index >= 15 is 0 Å². The van der Waals surface area contributed by atoms with Crippen molar-refractivity contribution in [3.05, 3.63) is 83.9 Å². The molecule has 0 aliphatic heterocycles. The second-order valence-electron chi connectivity index (χ2n) is 6.43. The van der Waals surface area contributed by atoms with Crippen molar-refractivity contribution in [2.45, 2.75) is 11.6 Å². The van der Waals surface area contributed by atoms with E-state index in [2.05, 4.69) is 14.8 Å². The molecule has 0 aliphatic rings. The number of halogens is 1. The summed E-state index contributed by atoms with van der Waals surface area (Å²) < 4.78 is 31.1. The summed E-state index contributed by atoms with van der Waals surface area (Å²) in [7, 11) is -2.24. The van der Waals surface area contributed by atoms with E-state index in [1.54, 1.807) is 11.7 Å². The minimum Gasteiger partial charge on any atom is -0.324 e. The number of hydrogen-bond acceptors (Lipinski definition) is 4. The molecule has 0 radical (unpaired) electrons. The molecule has 0 unspecified atom stereocenters. The Morgan fingerprint density at radius 1 is 1.03 bits per heavy atom. The van der Waals surface area contributed by atoms with Gasteiger partial charge in [-0.2, -0.15) is 5.10 Å². The van der Waals surface area contributed by atoms with Gasteiger partial charge in [0, 0.05) is 30.9 Å². The summed E-state index contributed by atoms with van der Waals surface area (Å²) in [6, 6.07) is 19.3. The predicted molar refractivity (Wildman–Crippen MR) is 111 cm³/mol. The molecule has 0 fully saturated rings. The number of aromatic nitrogens is 4. The van der Waals surface area contributed by atoms with E-state index < -0.39 is 10.0 Å². The lowest BCUT2D eigenvalue weighted by Gasteiger charge is -2.06. The molecule has 2 aromatic heterocycles. The number of para-hydroxylation sites is 1. The second-order valence-corrected chi connectivity index (χ2v) is 8.47. The van der Waals surface area contributed by atoms with Crippen molar-refractivity contribution in [3.63, 3.8) is 0 Å². The summed E-state index contributed by atoms with van der Waals surface area (Å²) in [5, 5.41) is 4.54. The Kier molecular flexibility index (Phi) is 5.23. The van der Waals surface area contributed by atoms with Crippen molar-refractivity contribution in [1.29, 1.82) is 0 Å². The fraction of sp³-hybridized carbons (Fsp3) is 0.100. The highest BCUT2D eigenvalue weighted by atomic mass is 35.5. The first-order valence-electron chi connectivity index (χ1n) is 8.81. The number of sulfonamides is 1. The number of nitrogens with one attached hydrogen (secondary N) is 1. The van der Waals surface area contributed by atoms with Crippen LogP contribution >= 0.6 is 11.6 Å². The number of rotatable bonds is 6. The zero-order chi connectivity index (χ0) is 20.4. The third-order valence-electron chi connectivity index (χ3n) is 4.40. The van der Waals surface area contributed by atoms with Gasteiger partial charge in [-0.25, -0.2) is 22.8 Å². The molecule has 4 aromatic rings. The lowest BCUT2D eigenvalue weighted by atomic mass is 10.1. The maximum Gasteiger partial charge on any atom is 0.261 e. The Balaban J connectivity index is 1.69. The van der Waals surface area contributed by atoms with E-state index in [1.807, 2.05) is 66.9 Å². The van der Waals surface area contributed by atoms with E-state index in [1.165, 1.54) is 10.9 Å². The van der Waals surface area contributed by atoms with Gasteiger partial charge in [-0.15, -0.1) is 0 Å². The van der Waals surface area contributed by atoms with Gasteiger partial charge >= 0.3 is 0 Å². The third kappa shape index (κ3) is 3.95. The monoisotopic (exact) mass is 427 g/mol. The first-order valence-corrected chi connectivity index (χ1v) is 10.7. The lowest BCUT2D eigenvalue weighted by Crippen LogP contribution is -2.24. The first kappa shape index (κ1) is 19.4. The molecule has 29 heavy (non-hydrogen) atoms. The van der Waals surface area contributed by atoms with Gasteiger partial charge in [0.1, 0.15) is 5.15 Å². The molecule has 7 nitrogen and oxygen atoms in total. The molecule has 0 bridgehead atoms. The molecule has 1 N–H and O–H groups in total. The first-order chi connectivity index (χ1) is 14.0. The highest BCUT2D eigenvalue weighted by Gasteiger charge is 2.23. The maximum atomic E-state index is 12.7. The Morgan fingerprint density at radius 2 is 1.69 bits per heavy atom. The van der Waals surface area contributed by atoms with Gasteiger partial charge in [0.25, 0.3) is 10.0 Å². The van der Waals surface area contributed by atoms with Gasteiger partial charge in [-0.1, -0.05) is 60.1 Å². The van der Waals surface area contributed by atoms with Gasteiger partial charge in [-0.05, 0) is 12.1 Å². The Bertz CT molecular complexity index is 1230. The molecular weight excluding hydrogens is 410 g/mol. The molecule has 0 saturated heterocycles. The lowest BCUT2D eigenvalue weighted by molar-refractivity contribution is 0.578. The molecule has 0 atom stereocenters. The highest BCUT2D eigenvalue weighted by molar-refractivity contribution is 7.89. The van der Waals surface area contributed by atoms with Gasteiger partial charge in [-0.3, -0.25) is 0 Å². The normalized spacial score (nSPS) is 11.7. The fourth-order valence-electron chi connectivity index (χ4n) is 2.91. The maximum absolute atomic E-state index is 12.7. The second kappa shape index (κ2) is 7.82. The van der Waals surface area contributed by atoms with Crippen molar-refractivity contribution in [3.8, 4) is 16.9 Å². The SMILES string of the molecule is Cn1cnc(S(=O)(=O)NCc2cn(-c3ccccc3)nc2-c2ccccc2)c1Cl. The molecule has 9 heteroatoms. The smallest absolute Gasteiger partial charge is 0.261 e. The Hall–Kier alpha value is -2.94. The van der Waals surface area contributed by atoms with Crippen LogP contribution < -0.4 is 4.72 Å². The van der Waals surface area contributed by atoms with E-state index in [-0.39, 0.29) is 16.7 Å². The van der Waals surface area contributed by atoms with Crippen molar-refractivity contribution >= 4 is 21.6 Å². The number of benzene rings is 2. The average molecular weight is 428 g/mol. The minimum absolute atomic E-state index is 0.0479. The molecule has 148 valence electrons. The van der Waals surface area contributed by atoms with Crippen LogP contribution in [0.3, 0.4) is 0 Å². The third-order valence-corrected chi connectivity index (χ3v) is 6.29. The van der Waals surface area contributed by atoms with E-state index in [0.29, 0.717) is 5.69 Å². The summed E-state index contributed by atoms with van der Waals surface area (Å²) in [6.45, 7) is 0.0479. The van der Waals surface area contributed by atoms with E-state index in [9.17, 15) is 8.42 Å². The van der Waals surface area contributed by atoms with Crippen LogP contribution in [0.2, 0.25) is 5.15 Å². The molecule has 0 saturated carbocycles. The van der Waals surface area contributed by atoms with E-state index in [4.69, 9.17) is 11.6 Å². The molecule has 0 amide bonds. The molecule has 4 rings (SSSR count). The van der Waals surface area contributed by atoms with Gasteiger partial charge < -0.3 is 4.57 Å². The topological polar surface area (TPSA) is 81.8 Å². The van der Waals surface area contributed by atoms with Crippen LogP contribution in [0.1, 0.15) is 5.56 Å². The number of imidazole rings is 1. The minimum atomic E-state index is -3.87. The number of aryl methyl sites for hydroxylation is 1. The Morgan fingerprint density at radius 3 is 2.31 bits per heavy atom. The van der Waals surface area contributed by atoms with Crippen molar-refractivity contribution in [2.24, 2.45) is 7.05 Å². The molecular formula is C20H18ClN5O2S. The summed E-state index contributed by atoms with van der Waals surface area (Å²) in [6.07, 6.45) is 3.18. The largest absolute Gasteiger partial charge is 0.324 e. The standard InChI is InChI=1S/C20H18ClN5O2S/c1-25-14-22-20(19(25)21)29(27,28)23-12-16-13-26(17-10-6-3-7-11-17)24-18(16)15-8-4-2-5-9-15/h2-11,13-14,23H,12H2,1H3. The zero-order valence-corrected chi connectivity index (χ0v) is 17.1. The van der Waals surface area contributed by atoms with Crippen molar-refractivity contribution < 1.29 is 8.42 Å². The van der Waals surface area contributed by atoms with Crippen LogP contribution in [0.5, 0.6) is 0 Å². The van der Waals surface area contributed by atoms with Gasteiger partial charge in [0.2, 0.25) is 5.03 Å². The summed E-state index contributed by atoms with van der Waals surface area (Å²) in [4.78, 5) is 3.89. The molecule has 0 spiro atoms. The van der Waals surface area contributed by atoms with E-state index in [0.717, 1.165) is 16.8 Å². The van der Waals surface area contributed by atoms with Crippen LogP contribution in [0.25, 0.3) is 16.9 Å². The van der Waals surface area contributed by atoms with Crippen molar-refractivity contribution in [2.75, 3.05) is 0 Å². The average Bonchev–Trinajstić information content (AvgIpc) is 3.32. The highest BCUT2D eigenvalue weighted by Crippen LogP contribution is 2.25. The number of nitrogens with zero attached hydrogens (tertiary/aromatic N) is 4. The fourth-order valence-corrected chi connectivity index (χ4v) is 4.34. The number of hydrogen-bond donors (Lipinski definition) is 1. The summed E-state index contributed by atoms with van der Waals surface area (Å²) in [5.41, 5.74) is 3.21. The van der Waals surface area contributed by atoms with Crippen LogP contribution in [-0.2, 0) is 23.6 Å². The summed E-state index contributed by atoms with van der Waals surface area (Å²) >= 11 is 6.05. The van der Waals surface area contributed by atoms with Gasteiger partial charge in [0.15, 0.2) is 0 Å². The van der Waals surface area contributed by atoms with Crippen LogP contribution in [0.15, 0.2) is 78.2 Å². The molecule has 2 heterocycles. The Labute approximate surface area is 173 Å².